The van der Waals surface area contributed by atoms with Gasteiger partial charge in [-0.05, 0) is 60.8 Å². The Kier molecular flexibility index (Phi) is 3.66. The molecule has 20 heavy (non-hydrogen) atoms. The Morgan fingerprint density at radius 2 is 1.70 bits per heavy atom. The molecule has 1 aromatic rings. The zero-order chi connectivity index (χ0) is 14.1. The van der Waals surface area contributed by atoms with Gasteiger partial charge in [0.2, 0.25) is 0 Å². The molecule has 108 valence electrons. The Morgan fingerprint density at radius 3 is 2.20 bits per heavy atom. The third-order valence-electron chi connectivity index (χ3n) is 3.96. The maximum Gasteiger partial charge on any atom is 0.341 e. The van der Waals surface area contributed by atoms with Crippen LogP contribution in [0.2, 0.25) is 0 Å². The van der Waals surface area contributed by atoms with Crippen molar-refractivity contribution in [3.63, 3.8) is 0 Å². The van der Waals surface area contributed by atoms with Crippen molar-refractivity contribution in [3.05, 3.63) is 28.8 Å². The molecular formula is C16H20O4. The van der Waals surface area contributed by atoms with Crippen molar-refractivity contribution in [1.82, 2.24) is 0 Å². The number of hydrogen-bond acceptors (Lipinski definition) is 4. The molecule has 2 fully saturated rings. The van der Waals surface area contributed by atoms with Crippen LogP contribution in [0.15, 0.2) is 12.1 Å². The van der Waals surface area contributed by atoms with Gasteiger partial charge in [-0.1, -0.05) is 0 Å². The molecule has 2 saturated carbocycles. The van der Waals surface area contributed by atoms with Crippen LogP contribution in [0.25, 0.3) is 0 Å². The number of ether oxygens (including phenoxy) is 3. The number of benzene rings is 1. The largest absolute Gasteiger partial charge is 0.467 e. The molecule has 2 aliphatic rings. The number of hydrogen-bond donors (Lipinski definition) is 0. The Bertz CT molecular complexity index is 515. The predicted octanol–water partition coefficient (Wildman–Crippen LogP) is 3.21. The minimum absolute atomic E-state index is 0.136. The van der Waals surface area contributed by atoms with Crippen molar-refractivity contribution in [3.8, 4) is 5.75 Å². The van der Waals surface area contributed by atoms with Crippen molar-refractivity contribution < 1.29 is 19.0 Å². The SMILES string of the molecule is COCOc1cc(C2CC2)c(C2CC2)cc1C(=O)OC. The van der Waals surface area contributed by atoms with E-state index in [4.69, 9.17) is 14.2 Å². The smallest absolute Gasteiger partial charge is 0.341 e. The van der Waals surface area contributed by atoms with E-state index in [1.54, 1.807) is 7.11 Å². The molecule has 0 amide bonds. The summed E-state index contributed by atoms with van der Waals surface area (Å²) in [5, 5.41) is 0. The lowest BCUT2D eigenvalue weighted by molar-refractivity contribution is 0.0464. The number of rotatable bonds is 6. The highest BCUT2D eigenvalue weighted by molar-refractivity contribution is 5.93. The van der Waals surface area contributed by atoms with Gasteiger partial charge in [-0.3, -0.25) is 0 Å². The summed E-state index contributed by atoms with van der Waals surface area (Å²) in [6, 6.07) is 4.00. The minimum atomic E-state index is -0.347. The Balaban J connectivity index is 2.00. The molecule has 0 bridgehead atoms. The number of esters is 1. The van der Waals surface area contributed by atoms with Crippen LogP contribution in [0.4, 0.5) is 0 Å². The first-order valence-electron chi connectivity index (χ1n) is 7.12. The molecule has 0 unspecified atom stereocenters. The first-order valence-corrected chi connectivity index (χ1v) is 7.12. The second-order valence-corrected chi connectivity index (χ2v) is 5.57. The van der Waals surface area contributed by atoms with Crippen molar-refractivity contribution >= 4 is 5.97 Å². The summed E-state index contributed by atoms with van der Waals surface area (Å²) in [5.74, 6) is 1.48. The lowest BCUT2D eigenvalue weighted by Crippen LogP contribution is -2.09. The van der Waals surface area contributed by atoms with E-state index in [9.17, 15) is 4.79 Å². The van der Waals surface area contributed by atoms with Gasteiger partial charge in [-0.25, -0.2) is 4.79 Å². The molecule has 0 aliphatic heterocycles. The van der Waals surface area contributed by atoms with Crippen LogP contribution in [0, 0.1) is 0 Å². The van der Waals surface area contributed by atoms with Crippen LogP contribution in [-0.4, -0.2) is 27.0 Å². The van der Waals surface area contributed by atoms with Crippen LogP contribution >= 0.6 is 0 Å². The van der Waals surface area contributed by atoms with E-state index in [1.807, 2.05) is 12.1 Å². The molecule has 0 radical (unpaired) electrons. The Labute approximate surface area is 119 Å². The standard InChI is InChI=1S/C16H20O4/c1-18-9-20-15-8-13(11-5-6-11)12(10-3-4-10)7-14(15)16(17)19-2/h7-8,10-11H,3-6,9H2,1-2H3. The van der Waals surface area contributed by atoms with Crippen molar-refractivity contribution in [1.29, 1.82) is 0 Å². The predicted molar refractivity (Wildman–Crippen MR) is 74.2 cm³/mol. The van der Waals surface area contributed by atoms with E-state index in [0.717, 1.165) is 0 Å². The summed E-state index contributed by atoms with van der Waals surface area (Å²) >= 11 is 0. The molecule has 0 saturated heterocycles. The average molecular weight is 276 g/mol. The monoisotopic (exact) mass is 276 g/mol. The molecule has 4 nitrogen and oxygen atoms in total. The quantitative estimate of drug-likeness (QED) is 0.591. The summed E-state index contributed by atoms with van der Waals surface area (Å²) < 4.78 is 15.4. The lowest BCUT2D eigenvalue weighted by atomic mass is 9.96. The molecule has 3 rings (SSSR count). The molecule has 0 spiro atoms. The highest BCUT2D eigenvalue weighted by atomic mass is 16.7. The van der Waals surface area contributed by atoms with Gasteiger partial charge < -0.3 is 14.2 Å². The molecule has 0 heterocycles. The average Bonchev–Trinajstić information content (AvgIpc) is 3.34. The fourth-order valence-electron chi connectivity index (χ4n) is 2.62. The third-order valence-corrected chi connectivity index (χ3v) is 3.96. The van der Waals surface area contributed by atoms with Gasteiger partial charge in [-0.2, -0.15) is 0 Å². The van der Waals surface area contributed by atoms with Gasteiger partial charge in [0.15, 0.2) is 6.79 Å². The molecule has 0 aromatic heterocycles. The van der Waals surface area contributed by atoms with Gasteiger partial charge in [0.05, 0.1) is 7.11 Å². The molecule has 1 aromatic carbocycles. The van der Waals surface area contributed by atoms with Gasteiger partial charge in [-0.15, -0.1) is 0 Å². The van der Waals surface area contributed by atoms with Crippen molar-refractivity contribution in [2.24, 2.45) is 0 Å². The van der Waals surface area contributed by atoms with Crippen LogP contribution in [0.3, 0.4) is 0 Å². The van der Waals surface area contributed by atoms with Crippen LogP contribution < -0.4 is 4.74 Å². The van der Waals surface area contributed by atoms with Gasteiger partial charge >= 0.3 is 5.97 Å². The highest BCUT2D eigenvalue weighted by Gasteiger charge is 2.34. The molecule has 0 atom stereocenters. The summed E-state index contributed by atoms with van der Waals surface area (Å²) in [6.45, 7) is 0.136. The maximum absolute atomic E-state index is 11.9. The zero-order valence-electron chi connectivity index (χ0n) is 12.0. The van der Waals surface area contributed by atoms with Gasteiger partial charge in [0.25, 0.3) is 0 Å². The van der Waals surface area contributed by atoms with E-state index >= 15 is 0 Å². The van der Waals surface area contributed by atoms with E-state index in [-0.39, 0.29) is 12.8 Å². The molecular weight excluding hydrogens is 256 g/mol. The summed E-state index contributed by atoms with van der Waals surface area (Å²) in [7, 11) is 2.96. The third kappa shape index (κ3) is 2.66. The number of carbonyl (C=O) groups is 1. The highest BCUT2D eigenvalue weighted by Crippen LogP contribution is 2.50. The topological polar surface area (TPSA) is 44.8 Å². The Morgan fingerprint density at radius 1 is 1.10 bits per heavy atom. The first kappa shape index (κ1) is 13.4. The summed E-state index contributed by atoms with van der Waals surface area (Å²) in [6.07, 6.45) is 4.92. The van der Waals surface area contributed by atoms with E-state index < -0.39 is 0 Å². The fraction of sp³-hybridized carbons (Fsp3) is 0.562. The van der Waals surface area contributed by atoms with Crippen LogP contribution in [-0.2, 0) is 9.47 Å². The second kappa shape index (κ2) is 5.44. The lowest BCUT2D eigenvalue weighted by Gasteiger charge is -2.15. The van der Waals surface area contributed by atoms with Gasteiger partial charge in [0, 0.05) is 7.11 Å². The molecule has 4 heteroatoms. The fourth-order valence-corrected chi connectivity index (χ4v) is 2.62. The normalized spacial score (nSPS) is 17.9. The number of methoxy groups -OCH3 is 2. The van der Waals surface area contributed by atoms with Crippen molar-refractivity contribution in [2.45, 2.75) is 37.5 Å². The molecule has 2 aliphatic carbocycles. The summed E-state index contributed by atoms with van der Waals surface area (Å²) in [5.41, 5.74) is 3.18. The van der Waals surface area contributed by atoms with Crippen molar-refractivity contribution in [2.75, 3.05) is 21.0 Å². The van der Waals surface area contributed by atoms with E-state index in [1.165, 1.54) is 43.9 Å². The maximum atomic E-state index is 11.9. The first-order chi connectivity index (χ1) is 9.74. The second-order valence-electron chi connectivity index (χ2n) is 5.57. The Hall–Kier alpha value is -1.55. The van der Waals surface area contributed by atoms with Gasteiger partial charge in [0.1, 0.15) is 11.3 Å². The van der Waals surface area contributed by atoms with E-state index in [2.05, 4.69) is 0 Å². The molecule has 0 N–H and O–H groups in total. The number of carbonyl (C=O) groups excluding carboxylic acids is 1. The zero-order valence-corrected chi connectivity index (χ0v) is 12.0. The summed E-state index contributed by atoms with van der Waals surface area (Å²) in [4.78, 5) is 11.9. The minimum Gasteiger partial charge on any atom is -0.467 e. The van der Waals surface area contributed by atoms with E-state index in [0.29, 0.717) is 23.1 Å². The van der Waals surface area contributed by atoms with Crippen LogP contribution in [0.1, 0.15) is 59.0 Å². The van der Waals surface area contributed by atoms with Crippen LogP contribution in [0.5, 0.6) is 5.75 Å².